The van der Waals surface area contributed by atoms with Crippen molar-refractivity contribution in [2.24, 2.45) is 0 Å². The molecule has 2 atom stereocenters. The van der Waals surface area contributed by atoms with E-state index in [-0.39, 0.29) is 12.1 Å². The second-order valence-corrected chi connectivity index (χ2v) is 8.96. The van der Waals surface area contributed by atoms with Gasteiger partial charge in [-0.2, -0.15) is 4.31 Å². The molecule has 0 aliphatic carbocycles. The molecule has 0 amide bonds. The van der Waals surface area contributed by atoms with Crippen LogP contribution in [0, 0.1) is 6.92 Å². The molecule has 5 rings (SSSR count). The molecular weight excluding hydrogens is 392 g/mol. The number of piperazine rings is 1. The molecule has 2 bridgehead atoms. The zero-order chi connectivity index (χ0) is 16.9. The largest absolute Gasteiger partial charge is 0.353 e. The average Bonchev–Trinajstić information content (AvgIpc) is 2.55. The molecule has 1 aromatic heterocycles. The first kappa shape index (κ1) is 16.0. The van der Waals surface area contributed by atoms with Gasteiger partial charge in [-0.3, -0.25) is 0 Å². The summed E-state index contributed by atoms with van der Waals surface area (Å²) in [6.45, 7) is 3.20. The lowest BCUT2D eigenvalue weighted by Gasteiger charge is -2.55. The van der Waals surface area contributed by atoms with Gasteiger partial charge in [0, 0.05) is 35.8 Å². The van der Waals surface area contributed by atoms with Gasteiger partial charge in [0.1, 0.15) is 11.6 Å². The molecule has 2 aromatic rings. The number of aryl methyl sites for hydroxylation is 1. The number of nitrogens with zero attached hydrogens (tertiary/aromatic N) is 4. The SMILES string of the molecule is Cc1nccc(N2CC3CC(C2)N3S(=O)(=O)c2ccc(Br)cc2)n1. The maximum absolute atomic E-state index is 12.9. The lowest BCUT2D eigenvalue weighted by atomic mass is 9.91. The van der Waals surface area contributed by atoms with E-state index in [9.17, 15) is 8.42 Å². The molecule has 3 fully saturated rings. The molecule has 2 unspecified atom stereocenters. The standard InChI is InChI=1S/C16H17BrN4O2S/c1-11-18-7-6-16(19-11)20-9-13-8-14(10-20)21(13)24(22,23)15-4-2-12(17)3-5-15/h2-7,13-14H,8-10H2,1H3. The third-order valence-electron chi connectivity index (χ3n) is 4.60. The van der Waals surface area contributed by atoms with Gasteiger partial charge in [0.25, 0.3) is 0 Å². The predicted molar refractivity (Wildman–Crippen MR) is 94.3 cm³/mol. The number of rotatable bonds is 3. The van der Waals surface area contributed by atoms with Crippen LogP contribution < -0.4 is 4.90 Å². The molecular formula is C16H17BrN4O2S. The van der Waals surface area contributed by atoms with Gasteiger partial charge in [0.05, 0.1) is 4.90 Å². The Hall–Kier alpha value is -1.51. The van der Waals surface area contributed by atoms with Crippen molar-refractivity contribution in [2.75, 3.05) is 18.0 Å². The number of hydrogen-bond donors (Lipinski definition) is 0. The zero-order valence-corrected chi connectivity index (χ0v) is 15.5. The first-order chi connectivity index (χ1) is 11.4. The van der Waals surface area contributed by atoms with Gasteiger partial charge in [0.2, 0.25) is 10.0 Å². The number of fused-ring (bicyclic) bond motifs is 2. The summed E-state index contributed by atoms with van der Waals surface area (Å²) >= 11 is 3.34. The first-order valence-corrected chi connectivity index (χ1v) is 10.0. The third-order valence-corrected chi connectivity index (χ3v) is 7.15. The average molecular weight is 409 g/mol. The predicted octanol–water partition coefficient (Wildman–Crippen LogP) is 2.20. The summed E-state index contributed by atoms with van der Waals surface area (Å²) in [6.07, 6.45) is 2.66. The number of sulfonamides is 1. The van der Waals surface area contributed by atoms with Crippen molar-refractivity contribution in [2.45, 2.75) is 30.3 Å². The van der Waals surface area contributed by atoms with Crippen LogP contribution in [0.5, 0.6) is 0 Å². The molecule has 6 nitrogen and oxygen atoms in total. The minimum Gasteiger partial charge on any atom is -0.353 e. The summed E-state index contributed by atoms with van der Waals surface area (Å²) in [5.41, 5.74) is 0. The molecule has 4 heterocycles. The van der Waals surface area contributed by atoms with E-state index in [1.165, 1.54) is 0 Å². The second-order valence-electron chi connectivity index (χ2n) is 6.20. The van der Waals surface area contributed by atoms with Crippen LogP contribution in [0.1, 0.15) is 12.2 Å². The van der Waals surface area contributed by atoms with E-state index in [0.717, 1.165) is 22.5 Å². The number of anilines is 1. The lowest BCUT2D eigenvalue weighted by Crippen LogP contribution is -2.70. The maximum Gasteiger partial charge on any atom is 0.243 e. The number of halogens is 1. The molecule has 0 spiro atoms. The molecule has 0 radical (unpaired) electrons. The van der Waals surface area contributed by atoms with E-state index >= 15 is 0 Å². The molecule has 126 valence electrons. The van der Waals surface area contributed by atoms with Crippen LogP contribution in [-0.2, 0) is 10.0 Å². The molecule has 3 aliphatic rings. The monoisotopic (exact) mass is 408 g/mol. The normalized spacial score (nSPS) is 23.8. The molecule has 3 aliphatic heterocycles. The van der Waals surface area contributed by atoms with E-state index in [1.54, 1.807) is 34.8 Å². The van der Waals surface area contributed by atoms with Crippen molar-refractivity contribution in [3.8, 4) is 0 Å². The Morgan fingerprint density at radius 1 is 1.12 bits per heavy atom. The van der Waals surface area contributed by atoms with Crippen LogP contribution in [0.15, 0.2) is 45.9 Å². The van der Waals surface area contributed by atoms with Crippen LogP contribution in [-0.4, -0.2) is 47.9 Å². The van der Waals surface area contributed by atoms with Gasteiger partial charge >= 0.3 is 0 Å². The fourth-order valence-electron chi connectivity index (χ4n) is 3.50. The van der Waals surface area contributed by atoms with Gasteiger partial charge in [-0.25, -0.2) is 18.4 Å². The van der Waals surface area contributed by atoms with Crippen LogP contribution in [0.4, 0.5) is 5.82 Å². The van der Waals surface area contributed by atoms with Crippen molar-refractivity contribution in [3.63, 3.8) is 0 Å². The number of benzene rings is 1. The van der Waals surface area contributed by atoms with Gasteiger partial charge in [0.15, 0.2) is 0 Å². The van der Waals surface area contributed by atoms with Crippen LogP contribution in [0.2, 0.25) is 0 Å². The highest BCUT2D eigenvalue weighted by molar-refractivity contribution is 9.10. The zero-order valence-electron chi connectivity index (χ0n) is 13.1. The minimum absolute atomic E-state index is 0.00710. The van der Waals surface area contributed by atoms with E-state index in [2.05, 4.69) is 30.8 Å². The quantitative estimate of drug-likeness (QED) is 0.778. The van der Waals surface area contributed by atoms with Crippen molar-refractivity contribution in [1.29, 1.82) is 0 Å². The topological polar surface area (TPSA) is 66.4 Å². The van der Waals surface area contributed by atoms with Gasteiger partial charge < -0.3 is 4.90 Å². The lowest BCUT2D eigenvalue weighted by molar-refractivity contribution is 0.0874. The summed E-state index contributed by atoms with van der Waals surface area (Å²) in [6, 6.07) is 8.72. The number of piperidine rings is 1. The molecule has 3 saturated heterocycles. The Kier molecular flexibility index (Phi) is 3.85. The van der Waals surface area contributed by atoms with Crippen LogP contribution >= 0.6 is 15.9 Å². The molecule has 24 heavy (non-hydrogen) atoms. The Labute approximate surface area is 149 Å². The van der Waals surface area contributed by atoms with Gasteiger partial charge in [-0.15, -0.1) is 0 Å². The summed E-state index contributed by atoms with van der Waals surface area (Å²) < 4.78 is 28.3. The summed E-state index contributed by atoms with van der Waals surface area (Å²) in [5, 5.41) is 0. The Morgan fingerprint density at radius 3 is 2.42 bits per heavy atom. The van der Waals surface area contributed by atoms with Crippen LogP contribution in [0.25, 0.3) is 0 Å². The van der Waals surface area contributed by atoms with Crippen molar-refractivity contribution < 1.29 is 8.42 Å². The molecule has 1 aromatic carbocycles. The molecule has 0 saturated carbocycles. The summed E-state index contributed by atoms with van der Waals surface area (Å²) in [4.78, 5) is 11.1. The number of aromatic nitrogens is 2. The third kappa shape index (κ3) is 2.62. The minimum atomic E-state index is -3.44. The van der Waals surface area contributed by atoms with E-state index in [0.29, 0.717) is 18.0 Å². The Morgan fingerprint density at radius 2 is 1.79 bits per heavy atom. The van der Waals surface area contributed by atoms with Crippen LogP contribution in [0.3, 0.4) is 0 Å². The smallest absolute Gasteiger partial charge is 0.243 e. The highest BCUT2D eigenvalue weighted by atomic mass is 79.9. The van der Waals surface area contributed by atoms with Crippen molar-refractivity contribution in [3.05, 3.63) is 46.8 Å². The Balaban J connectivity index is 1.56. The van der Waals surface area contributed by atoms with E-state index in [4.69, 9.17) is 0 Å². The summed E-state index contributed by atoms with van der Waals surface area (Å²) in [5.74, 6) is 1.60. The fraction of sp³-hybridized carbons (Fsp3) is 0.375. The second kappa shape index (κ2) is 5.79. The van der Waals surface area contributed by atoms with Gasteiger partial charge in [-0.1, -0.05) is 15.9 Å². The fourth-order valence-corrected chi connectivity index (χ4v) is 5.58. The first-order valence-electron chi connectivity index (χ1n) is 7.79. The number of hydrogen-bond acceptors (Lipinski definition) is 5. The Bertz CT molecular complexity index is 860. The van der Waals surface area contributed by atoms with E-state index < -0.39 is 10.0 Å². The highest BCUT2D eigenvalue weighted by Crippen LogP contribution is 2.38. The maximum atomic E-state index is 12.9. The van der Waals surface area contributed by atoms with Crippen molar-refractivity contribution >= 4 is 31.8 Å². The highest BCUT2D eigenvalue weighted by Gasteiger charge is 2.51. The van der Waals surface area contributed by atoms with E-state index in [1.807, 2.05) is 13.0 Å². The van der Waals surface area contributed by atoms with Crippen molar-refractivity contribution in [1.82, 2.24) is 14.3 Å². The summed E-state index contributed by atoms with van der Waals surface area (Å²) in [7, 11) is -3.44. The van der Waals surface area contributed by atoms with Gasteiger partial charge in [-0.05, 0) is 43.7 Å². The molecule has 0 N–H and O–H groups in total. The molecule has 8 heteroatoms.